The highest BCUT2D eigenvalue weighted by Crippen LogP contribution is 2.11. The molecule has 8 nitrogen and oxygen atoms in total. The van der Waals surface area contributed by atoms with Crippen molar-refractivity contribution in [2.24, 2.45) is 0 Å². The number of ether oxygens (including phenoxy) is 1. The lowest BCUT2D eigenvalue weighted by atomic mass is 10.1. The van der Waals surface area contributed by atoms with E-state index in [1.807, 2.05) is 0 Å². The van der Waals surface area contributed by atoms with Gasteiger partial charge in [-0.1, -0.05) is 5.10 Å². The summed E-state index contributed by atoms with van der Waals surface area (Å²) >= 11 is 0. The zero-order chi connectivity index (χ0) is 13.5. The molecule has 1 aliphatic heterocycles. The largest absolute Gasteiger partial charge is 0.407 e. The van der Waals surface area contributed by atoms with E-state index >= 15 is 0 Å². The predicted octanol–water partition coefficient (Wildman–Crippen LogP) is -0.504. The van der Waals surface area contributed by atoms with Crippen molar-refractivity contribution in [3.8, 4) is 0 Å². The lowest BCUT2D eigenvalue weighted by Gasteiger charge is -2.22. The minimum absolute atomic E-state index is 0.0895. The Bertz CT molecular complexity index is 399. The number of anilines is 1. The van der Waals surface area contributed by atoms with Crippen molar-refractivity contribution >= 4 is 11.9 Å². The lowest BCUT2D eigenvalue weighted by molar-refractivity contribution is -0.122. The summed E-state index contributed by atoms with van der Waals surface area (Å²) in [6.07, 6.45) is 1.30. The molecular formula is C11H19N5O3. The van der Waals surface area contributed by atoms with Gasteiger partial charge in [0.2, 0.25) is 11.8 Å². The van der Waals surface area contributed by atoms with Gasteiger partial charge in [-0.25, -0.2) is 0 Å². The molecule has 0 aliphatic carbocycles. The summed E-state index contributed by atoms with van der Waals surface area (Å²) in [4.78, 5) is 11.0. The number of carbonyl (C=O) groups excluding carboxylic acids is 1. The molecule has 2 heterocycles. The van der Waals surface area contributed by atoms with Gasteiger partial charge in [0, 0.05) is 32.7 Å². The van der Waals surface area contributed by atoms with Gasteiger partial charge < -0.3 is 25.1 Å². The van der Waals surface area contributed by atoms with Gasteiger partial charge >= 0.3 is 6.01 Å². The number of amides is 1. The molecule has 1 saturated heterocycles. The van der Waals surface area contributed by atoms with E-state index in [2.05, 4.69) is 26.1 Å². The van der Waals surface area contributed by atoms with Crippen molar-refractivity contribution in [1.82, 2.24) is 20.8 Å². The fourth-order valence-electron chi connectivity index (χ4n) is 1.78. The van der Waals surface area contributed by atoms with Gasteiger partial charge in [0.05, 0.1) is 13.2 Å². The second-order valence-electron chi connectivity index (χ2n) is 4.35. The number of rotatable bonds is 7. The molecule has 2 rings (SSSR count). The molecule has 19 heavy (non-hydrogen) atoms. The SMILES string of the molecule is COCCNCc1nnc(NC2CCC(=O)NC2)o1. The van der Waals surface area contributed by atoms with E-state index in [0.29, 0.717) is 38.0 Å². The Kier molecular flexibility index (Phi) is 5.10. The number of nitrogens with one attached hydrogen (secondary N) is 3. The highest BCUT2D eigenvalue weighted by Gasteiger charge is 2.19. The summed E-state index contributed by atoms with van der Waals surface area (Å²) in [5.74, 6) is 0.616. The van der Waals surface area contributed by atoms with Gasteiger partial charge in [-0.2, -0.15) is 0 Å². The summed E-state index contributed by atoms with van der Waals surface area (Å²) in [7, 11) is 1.65. The van der Waals surface area contributed by atoms with Crippen LogP contribution in [0, 0.1) is 0 Å². The summed E-state index contributed by atoms with van der Waals surface area (Å²) in [5.41, 5.74) is 0. The van der Waals surface area contributed by atoms with Gasteiger partial charge in [-0.3, -0.25) is 4.79 Å². The van der Waals surface area contributed by atoms with E-state index in [9.17, 15) is 4.79 Å². The molecule has 0 saturated carbocycles. The smallest absolute Gasteiger partial charge is 0.315 e. The maximum absolute atomic E-state index is 11.0. The number of hydrogen-bond acceptors (Lipinski definition) is 7. The van der Waals surface area contributed by atoms with Gasteiger partial charge in [0.1, 0.15) is 0 Å². The monoisotopic (exact) mass is 269 g/mol. The quantitative estimate of drug-likeness (QED) is 0.573. The third kappa shape index (κ3) is 4.49. The van der Waals surface area contributed by atoms with Crippen LogP contribution in [0.4, 0.5) is 6.01 Å². The third-order valence-electron chi connectivity index (χ3n) is 2.82. The summed E-state index contributed by atoms with van der Waals surface area (Å²) in [6, 6.07) is 0.539. The fraction of sp³-hybridized carbons (Fsp3) is 0.727. The lowest BCUT2D eigenvalue weighted by Crippen LogP contribution is -2.41. The van der Waals surface area contributed by atoms with Crippen molar-refractivity contribution < 1.29 is 13.9 Å². The van der Waals surface area contributed by atoms with Crippen LogP contribution in [0.25, 0.3) is 0 Å². The van der Waals surface area contributed by atoms with Crippen LogP contribution in [0.2, 0.25) is 0 Å². The van der Waals surface area contributed by atoms with Crippen LogP contribution in [0.15, 0.2) is 4.42 Å². The molecule has 106 valence electrons. The Morgan fingerprint density at radius 2 is 2.42 bits per heavy atom. The Balaban J connectivity index is 1.72. The van der Waals surface area contributed by atoms with Crippen molar-refractivity contribution in [2.75, 3.05) is 32.1 Å². The van der Waals surface area contributed by atoms with Crippen molar-refractivity contribution in [1.29, 1.82) is 0 Å². The number of carbonyl (C=O) groups is 1. The van der Waals surface area contributed by atoms with Crippen LogP contribution in [0.3, 0.4) is 0 Å². The van der Waals surface area contributed by atoms with Crippen LogP contribution >= 0.6 is 0 Å². The third-order valence-corrected chi connectivity index (χ3v) is 2.82. The molecular weight excluding hydrogens is 250 g/mol. The van der Waals surface area contributed by atoms with E-state index in [-0.39, 0.29) is 11.9 Å². The summed E-state index contributed by atoms with van der Waals surface area (Å²) in [6.45, 7) is 2.47. The normalized spacial score (nSPS) is 19.2. The van der Waals surface area contributed by atoms with Gasteiger partial charge in [-0.15, -0.1) is 5.10 Å². The molecule has 3 N–H and O–H groups in total. The number of hydrogen-bond donors (Lipinski definition) is 3. The van der Waals surface area contributed by atoms with Crippen LogP contribution in [0.1, 0.15) is 18.7 Å². The van der Waals surface area contributed by atoms with Crippen LogP contribution < -0.4 is 16.0 Å². The van der Waals surface area contributed by atoms with Gasteiger partial charge in [-0.05, 0) is 6.42 Å². The van der Waals surface area contributed by atoms with E-state index < -0.39 is 0 Å². The molecule has 0 radical (unpaired) electrons. The van der Waals surface area contributed by atoms with E-state index in [0.717, 1.165) is 13.0 Å². The van der Waals surface area contributed by atoms with Gasteiger partial charge in [0.25, 0.3) is 0 Å². The second kappa shape index (κ2) is 7.05. The first-order valence-electron chi connectivity index (χ1n) is 6.33. The molecule has 0 bridgehead atoms. The molecule has 1 fully saturated rings. The molecule has 0 aromatic carbocycles. The highest BCUT2D eigenvalue weighted by atomic mass is 16.5. The average molecular weight is 269 g/mol. The number of piperidine rings is 1. The first kappa shape index (κ1) is 13.8. The maximum Gasteiger partial charge on any atom is 0.315 e. The van der Waals surface area contributed by atoms with Crippen molar-refractivity contribution in [3.05, 3.63) is 5.89 Å². The minimum Gasteiger partial charge on any atom is -0.407 e. The average Bonchev–Trinajstić information content (AvgIpc) is 2.85. The summed E-state index contributed by atoms with van der Waals surface area (Å²) in [5, 5.41) is 16.9. The summed E-state index contributed by atoms with van der Waals surface area (Å²) < 4.78 is 10.4. The second-order valence-corrected chi connectivity index (χ2v) is 4.35. The zero-order valence-corrected chi connectivity index (χ0v) is 10.9. The van der Waals surface area contributed by atoms with E-state index in [4.69, 9.17) is 9.15 Å². The topological polar surface area (TPSA) is 101 Å². The van der Waals surface area contributed by atoms with E-state index in [1.54, 1.807) is 7.11 Å². The predicted molar refractivity (Wildman–Crippen MR) is 67.5 cm³/mol. The fourth-order valence-corrected chi connectivity index (χ4v) is 1.78. The minimum atomic E-state index is 0.0895. The van der Waals surface area contributed by atoms with Crippen LogP contribution in [-0.4, -0.2) is 49.0 Å². The zero-order valence-electron chi connectivity index (χ0n) is 10.9. The van der Waals surface area contributed by atoms with Crippen LogP contribution in [-0.2, 0) is 16.1 Å². The van der Waals surface area contributed by atoms with Gasteiger partial charge in [0.15, 0.2) is 0 Å². The standard InChI is InChI=1S/C11H19N5O3/c1-18-5-4-12-7-10-15-16-11(19-10)14-8-2-3-9(17)13-6-8/h8,12H,2-7H2,1H3,(H,13,17)(H,14,16). The van der Waals surface area contributed by atoms with Crippen molar-refractivity contribution in [2.45, 2.75) is 25.4 Å². The molecule has 1 unspecified atom stereocenters. The molecule has 1 amide bonds. The first-order chi connectivity index (χ1) is 9.28. The molecule has 1 atom stereocenters. The van der Waals surface area contributed by atoms with E-state index in [1.165, 1.54) is 0 Å². The molecule has 8 heteroatoms. The molecule has 1 aromatic rings. The Morgan fingerprint density at radius 1 is 1.53 bits per heavy atom. The molecule has 0 spiro atoms. The maximum atomic E-state index is 11.0. The number of nitrogens with zero attached hydrogens (tertiary/aromatic N) is 2. The van der Waals surface area contributed by atoms with Crippen molar-refractivity contribution in [3.63, 3.8) is 0 Å². The van der Waals surface area contributed by atoms with Crippen LogP contribution in [0.5, 0.6) is 0 Å². The Labute approximate surface area is 111 Å². The first-order valence-corrected chi connectivity index (χ1v) is 6.33. The highest BCUT2D eigenvalue weighted by molar-refractivity contribution is 5.76. The molecule has 1 aliphatic rings. The molecule has 1 aromatic heterocycles. The number of methoxy groups -OCH3 is 1. The Morgan fingerprint density at radius 3 is 3.16 bits per heavy atom. The Hall–Kier alpha value is -1.67. The number of aromatic nitrogens is 2.